The fourth-order valence-electron chi connectivity index (χ4n) is 4.67. The fourth-order valence-corrected chi connectivity index (χ4v) is 4.67. The van der Waals surface area contributed by atoms with Crippen LogP contribution in [0.25, 0.3) is 11.0 Å². The van der Waals surface area contributed by atoms with Gasteiger partial charge in [0.05, 0.1) is 7.11 Å². The molecule has 7 nitrogen and oxygen atoms in total. The molecule has 4 aromatic rings. The van der Waals surface area contributed by atoms with Crippen LogP contribution in [0.3, 0.4) is 0 Å². The maximum absolute atomic E-state index is 13.5. The number of amides is 2. The Labute approximate surface area is 216 Å². The molecule has 7 heteroatoms. The number of para-hydroxylation sites is 1. The van der Waals surface area contributed by atoms with E-state index in [-0.39, 0.29) is 24.0 Å². The van der Waals surface area contributed by atoms with Crippen LogP contribution in [-0.4, -0.2) is 54.9 Å². The minimum atomic E-state index is -0.194. The van der Waals surface area contributed by atoms with Crippen molar-refractivity contribution in [3.8, 4) is 5.75 Å². The van der Waals surface area contributed by atoms with Crippen LogP contribution in [0.1, 0.15) is 28.1 Å². The van der Waals surface area contributed by atoms with Gasteiger partial charge in [0.25, 0.3) is 5.91 Å². The van der Waals surface area contributed by atoms with Gasteiger partial charge in [-0.25, -0.2) is 0 Å². The summed E-state index contributed by atoms with van der Waals surface area (Å²) in [6, 6.07) is 25.4. The average molecular weight is 498 g/mol. The number of ether oxygens (including phenoxy) is 1. The van der Waals surface area contributed by atoms with Gasteiger partial charge >= 0.3 is 0 Å². The zero-order valence-electron chi connectivity index (χ0n) is 21.0. The van der Waals surface area contributed by atoms with Crippen molar-refractivity contribution in [2.45, 2.75) is 19.4 Å². The quantitative estimate of drug-likeness (QED) is 0.372. The maximum atomic E-state index is 13.5. The first kappa shape index (κ1) is 24.6. The summed E-state index contributed by atoms with van der Waals surface area (Å²) in [4.78, 5) is 30.6. The molecule has 0 bridgehead atoms. The topological polar surface area (TPSA) is 75.0 Å². The molecule has 0 aliphatic carbocycles. The van der Waals surface area contributed by atoms with Crippen LogP contribution in [0.4, 0.5) is 5.69 Å². The summed E-state index contributed by atoms with van der Waals surface area (Å²) in [6.45, 7) is 3.64. The van der Waals surface area contributed by atoms with E-state index in [1.165, 1.54) is 5.56 Å². The number of nitrogens with zero attached hydrogens (tertiary/aromatic N) is 2. The number of benzene rings is 3. The highest BCUT2D eigenvalue weighted by molar-refractivity contribution is 6.10. The highest BCUT2D eigenvalue weighted by atomic mass is 16.5. The number of anilines is 1. The van der Waals surface area contributed by atoms with E-state index in [2.05, 4.69) is 22.3 Å². The summed E-state index contributed by atoms with van der Waals surface area (Å²) in [5, 5.41) is 3.70. The van der Waals surface area contributed by atoms with Gasteiger partial charge in [0.2, 0.25) is 11.7 Å². The molecule has 0 spiro atoms. The third kappa shape index (κ3) is 5.84. The second-order valence-electron chi connectivity index (χ2n) is 9.25. The van der Waals surface area contributed by atoms with E-state index in [1.807, 2.05) is 71.6 Å². The summed E-state index contributed by atoms with van der Waals surface area (Å²) in [5.74, 6) is 0.614. The number of piperazine rings is 1. The zero-order valence-corrected chi connectivity index (χ0v) is 21.0. The van der Waals surface area contributed by atoms with E-state index in [0.29, 0.717) is 30.8 Å². The first-order valence-corrected chi connectivity index (χ1v) is 12.6. The van der Waals surface area contributed by atoms with E-state index in [4.69, 9.17) is 9.15 Å². The van der Waals surface area contributed by atoms with E-state index < -0.39 is 0 Å². The van der Waals surface area contributed by atoms with Crippen LogP contribution < -0.4 is 10.1 Å². The molecule has 0 unspecified atom stereocenters. The Bertz CT molecular complexity index is 1360. The molecule has 1 N–H and O–H groups in total. The lowest BCUT2D eigenvalue weighted by Gasteiger charge is -2.34. The molecular weight excluding hydrogens is 466 g/mol. The molecule has 2 amide bonds. The van der Waals surface area contributed by atoms with E-state index >= 15 is 0 Å². The molecule has 0 saturated carbocycles. The van der Waals surface area contributed by atoms with Crippen molar-refractivity contribution in [3.63, 3.8) is 0 Å². The van der Waals surface area contributed by atoms with Gasteiger partial charge in [-0.15, -0.1) is 0 Å². The molecule has 3 aromatic carbocycles. The van der Waals surface area contributed by atoms with Crippen LogP contribution in [0.5, 0.6) is 5.75 Å². The Morgan fingerprint density at radius 1 is 0.865 bits per heavy atom. The number of rotatable bonds is 8. The van der Waals surface area contributed by atoms with Gasteiger partial charge in [-0.1, -0.05) is 54.6 Å². The average Bonchev–Trinajstić information content (AvgIpc) is 3.31. The number of hydrogen-bond acceptors (Lipinski definition) is 5. The van der Waals surface area contributed by atoms with Gasteiger partial charge in [0.15, 0.2) is 0 Å². The Balaban J connectivity index is 1.26. The molecule has 1 fully saturated rings. The lowest BCUT2D eigenvalue weighted by Crippen LogP contribution is -2.48. The van der Waals surface area contributed by atoms with Crippen LogP contribution >= 0.6 is 0 Å². The van der Waals surface area contributed by atoms with Gasteiger partial charge in [-0.2, -0.15) is 0 Å². The predicted octanol–water partition coefficient (Wildman–Crippen LogP) is 4.97. The third-order valence-corrected chi connectivity index (χ3v) is 6.76. The van der Waals surface area contributed by atoms with Gasteiger partial charge in [0, 0.05) is 44.5 Å². The fraction of sp³-hybridized carbons (Fsp3) is 0.267. The second-order valence-corrected chi connectivity index (χ2v) is 9.25. The molecule has 2 heterocycles. The number of furan rings is 1. The van der Waals surface area contributed by atoms with Gasteiger partial charge in [0.1, 0.15) is 17.0 Å². The molecule has 190 valence electrons. The highest BCUT2D eigenvalue weighted by Gasteiger charge is 2.29. The Morgan fingerprint density at radius 3 is 2.30 bits per heavy atom. The lowest BCUT2D eigenvalue weighted by molar-refractivity contribution is -0.116. The van der Waals surface area contributed by atoms with E-state index in [1.54, 1.807) is 7.11 Å². The Morgan fingerprint density at radius 2 is 1.57 bits per heavy atom. The normalized spacial score (nSPS) is 14.0. The molecule has 1 saturated heterocycles. The summed E-state index contributed by atoms with van der Waals surface area (Å²) in [6.07, 6.45) is 0.871. The molecule has 1 aliphatic rings. The summed E-state index contributed by atoms with van der Waals surface area (Å²) in [5.41, 5.74) is 3.34. The summed E-state index contributed by atoms with van der Waals surface area (Å²) in [7, 11) is 1.63. The minimum absolute atomic E-state index is 0.163. The van der Waals surface area contributed by atoms with E-state index in [9.17, 15) is 9.59 Å². The number of methoxy groups -OCH3 is 1. The van der Waals surface area contributed by atoms with Crippen LogP contribution in [0.15, 0.2) is 83.3 Å². The minimum Gasteiger partial charge on any atom is -0.497 e. The monoisotopic (exact) mass is 497 g/mol. The molecule has 5 rings (SSSR count). The summed E-state index contributed by atoms with van der Waals surface area (Å²) >= 11 is 0. The second kappa shape index (κ2) is 11.3. The van der Waals surface area contributed by atoms with Crippen LogP contribution in [0, 0.1) is 0 Å². The number of fused-ring (bicyclic) bond motifs is 1. The molecule has 1 aromatic heterocycles. The van der Waals surface area contributed by atoms with Gasteiger partial charge in [-0.05, 0) is 41.8 Å². The zero-order chi connectivity index (χ0) is 25.6. The smallest absolute Gasteiger partial charge is 0.291 e. The number of hydrogen-bond donors (Lipinski definition) is 1. The number of aryl methyl sites for hydroxylation is 1. The van der Waals surface area contributed by atoms with Crippen molar-refractivity contribution < 1.29 is 18.7 Å². The predicted molar refractivity (Wildman–Crippen MR) is 144 cm³/mol. The van der Waals surface area contributed by atoms with E-state index in [0.717, 1.165) is 36.3 Å². The van der Waals surface area contributed by atoms with Crippen molar-refractivity contribution in [2.75, 3.05) is 38.6 Å². The number of nitrogens with one attached hydrogen (secondary N) is 1. The Kier molecular flexibility index (Phi) is 7.51. The third-order valence-electron chi connectivity index (χ3n) is 6.76. The maximum Gasteiger partial charge on any atom is 0.291 e. The van der Waals surface area contributed by atoms with Crippen molar-refractivity contribution in [1.29, 1.82) is 0 Å². The lowest BCUT2D eigenvalue weighted by atomic mass is 10.1. The molecule has 1 aliphatic heterocycles. The first-order valence-electron chi connectivity index (χ1n) is 12.6. The van der Waals surface area contributed by atoms with Crippen molar-refractivity contribution in [2.24, 2.45) is 0 Å². The summed E-state index contributed by atoms with van der Waals surface area (Å²) < 4.78 is 11.2. The van der Waals surface area contributed by atoms with Crippen LogP contribution in [0.2, 0.25) is 0 Å². The molecule has 0 atom stereocenters. The SMILES string of the molecule is COc1ccc(CCC(=O)Nc2c(C(=O)N3CCN(Cc4ccccc4)CC3)oc3ccccc23)cc1. The number of carbonyl (C=O) groups excluding carboxylic acids is 2. The Hall–Kier alpha value is -4.10. The van der Waals surface area contributed by atoms with Crippen LogP contribution in [-0.2, 0) is 17.8 Å². The largest absolute Gasteiger partial charge is 0.497 e. The molecular formula is C30H31N3O4. The first-order chi connectivity index (χ1) is 18.1. The number of carbonyl (C=O) groups is 2. The highest BCUT2D eigenvalue weighted by Crippen LogP contribution is 2.32. The standard InChI is InChI=1S/C30H31N3O4/c1-36-24-14-11-22(12-15-24)13-16-27(34)31-28-25-9-5-6-10-26(25)37-29(28)30(35)33-19-17-32(18-20-33)21-23-7-3-2-4-8-23/h2-12,14-15H,13,16-21H2,1H3,(H,31,34). The van der Waals surface area contributed by atoms with Crippen molar-refractivity contribution in [3.05, 3.63) is 95.7 Å². The molecule has 0 radical (unpaired) electrons. The van der Waals surface area contributed by atoms with Gasteiger partial charge < -0.3 is 19.4 Å². The van der Waals surface area contributed by atoms with Gasteiger partial charge in [-0.3, -0.25) is 14.5 Å². The van der Waals surface area contributed by atoms with Crippen molar-refractivity contribution >= 4 is 28.5 Å². The van der Waals surface area contributed by atoms with Crippen molar-refractivity contribution in [1.82, 2.24) is 9.80 Å². The molecule has 37 heavy (non-hydrogen) atoms.